The van der Waals surface area contributed by atoms with E-state index < -0.39 is 0 Å². The average molecular weight is 173 g/mol. The molecule has 0 saturated heterocycles. The van der Waals surface area contributed by atoms with Crippen molar-refractivity contribution >= 4 is 34.2 Å². The van der Waals surface area contributed by atoms with Crippen LogP contribution in [0, 0.1) is 0 Å². The molecular weight excluding hydrogens is 169 g/mol. The second-order valence-electron chi connectivity index (χ2n) is 1.95. The van der Waals surface area contributed by atoms with Crippen LogP contribution in [0.2, 0.25) is 0 Å². The van der Waals surface area contributed by atoms with Crippen molar-refractivity contribution < 1.29 is 18.9 Å². The molecule has 0 fully saturated rings. The van der Waals surface area contributed by atoms with E-state index in [1.54, 1.807) is 11.3 Å². The first-order chi connectivity index (χ1) is 4.86. The summed E-state index contributed by atoms with van der Waals surface area (Å²) in [6.45, 7) is 0. The Morgan fingerprint density at radius 3 is 2.73 bits per heavy atom. The summed E-state index contributed by atoms with van der Waals surface area (Å²) < 4.78 is 1.90. The van der Waals surface area contributed by atoms with Gasteiger partial charge in [-0.1, -0.05) is 18.2 Å². The molecule has 0 spiro atoms. The van der Waals surface area contributed by atoms with Gasteiger partial charge in [0.15, 0.2) is 0 Å². The third kappa shape index (κ3) is 1.74. The molecule has 0 N–H and O–H groups in total. The normalized spacial score (nSPS) is 9.45. The van der Waals surface area contributed by atoms with Crippen LogP contribution in [0.4, 0.5) is 0 Å². The Morgan fingerprint density at radius 2 is 2.00 bits per heavy atom. The van der Waals surface area contributed by atoms with Crippen molar-refractivity contribution in [3.63, 3.8) is 0 Å². The Morgan fingerprint density at radius 1 is 1.27 bits per heavy atom. The number of nitrogens with zero attached hydrogens (tertiary/aromatic N) is 1. The second kappa shape index (κ2) is 3.55. The summed E-state index contributed by atoms with van der Waals surface area (Å²) in [7, 11) is 0. The number of para-hydroxylation sites is 1. The van der Waals surface area contributed by atoms with Gasteiger partial charge in [0, 0.05) is 0 Å². The van der Waals surface area contributed by atoms with Crippen molar-refractivity contribution in [1.82, 2.24) is 4.98 Å². The number of benzene rings is 1. The summed E-state index contributed by atoms with van der Waals surface area (Å²) in [5.74, 6) is 0. The number of thiazole rings is 1. The van der Waals surface area contributed by atoms with E-state index in [-0.39, 0.29) is 18.9 Å². The summed E-state index contributed by atoms with van der Waals surface area (Å²) in [5.41, 5.74) is 1.01. The molecule has 0 radical (unpaired) electrons. The fraction of sp³-hybridized carbons (Fsp3) is 0. The fourth-order valence-electron chi connectivity index (χ4n) is 0.851. The van der Waals surface area contributed by atoms with E-state index in [2.05, 4.69) is 4.98 Å². The van der Waals surface area contributed by atoms with Gasteiger partial charge >= 0.3 is 18.9 Å². The standard InChI is InChI=1S/C7H5NS2.Li/c9-7-8-5-3-1-2-4-6(5)10-7;/h1-4H,(H,8,9);/q;+1/p-1. The molecule has 0 atom stereocenters. The molecule has 4 heteroatoms. The molecule has 1 heterocycles. The number of fused-ring (bicyclic) bond motifs is 1. The Hall–Kier alpha value is -0.0726. The third-order valence-corrected chi connectivity index (χ3v) is 2.45. The Balaban J connectivity index is 0.000000605. The van der Waals surface area contributed by atoms with Crippen LogP contribution in [0.3, 0.4) is 0 Å². The Labute approximate surface area is 86.4 Å². The largest absolute Gasteiger partial charge is 1.00 e. The number of hydrogen-bond donors (Lipinski definition) is 0. The average Bonchev–Trinajstić information content (AvgIpc) is 2.27. The fourth-order valence-corrected chi connectivity index (χ4v) is 1.92. The van der Waals surface area contributed by atoms with E-state index in [1.165, 1.54) is 4.70 Å². The van der Waals surface area contributed by atoms with Crippen molar-refractivity contribution in [2.24, 2.45) is 0 Å². The first kappa shape index (κ1) is 9.02. The van der Waals surface area contributed by atoms with E-state index in [1.807, 2.05) is 24.3 Å². The van der Waals surface area contributed by atoms with Gasteiger partial charge in [0.25, 0.3) is 0 Å². The van der Waals surface area contributed by atoms with Gasteiger partial charge in [-0.15, -0.1) is 0 Å². The predicted octanol–water partition coefficient (Wildman–Crippen LogP) is -0.794. The van der Waals surface area contributed by atoms with Crippen LogP contribution in [0.25, 0.3) is 10.2 Å². The zero-order chi connectivity index (χ0) is 6.97. The quantitative estimate of drug-likeness (QED) is 0.382. The molecule has 0 amide bonds. The summed E-state index contributed by atoms with van der Waals surface area (Å²) in [6, 6.07) is 7.97. The van der Waals surface area contributed by atoms with Crippen LogP contribution in [0.15, 0.2) is 28.6 Å². The molecule has 0 unspecified atom stereocenters. The maximum absolute atomic E-state index is 4.92. The summed E-state index contributed by atoms with van der Waals surface area (Å²) >= 11 is 6.48. The van der Waals surface area contributed by atoms with E-state index in [9.17, 15) is 0 Å². The first-order valence-corrected chi connectivity index (χ1v) is 4.11. The first-order valence-electron chi connectivity index (χ1n) is 2.89. The minimum atomic E-state index is 0. The zero-order valence-corrected chi connectivity index (χ0v) is 7.71. The molecule has 11 heavy (non-hydrogen) atoms. The third-order valence-electron chi connectivity index (χ3n) is 1.27. The molecule has 0 aliphatic carbocycles. The number of hydrogen-bond acceptors (Lipinski definition) is 3. The summed E-state index contributed by atoms with van der Waals surface area (Å²) in [5, 5.41) is 0. The van der Waals surface area contributed by atoms with Crippen LogP contribution >= 0.6 is 11.3 Å². The molecule has 0 bridgehead atoms. The predicted molar refractivity (Wildman–Crippen MR) is 45.3 cm³/mol. The zero-order valence-electron chi connectivity index (χ0n) is 6.07. The van der Waals surface area contributed by atoms with Crippen molar-refractivity contribution in [2.45, 2.75) is 4.34 Å². The van der Waals surface area contributed by atoms with Crippen molar-refractivity contribution in [2.75, 3.05) is 0 Å². The van der Waals surface area contributed by atoms with Crippen LogP contribution < -0.4 is 18.9 Å². The minimum Gasteiger partial charge on any atom is -0.408 e. The van der Waals surface area contributed by atoms with E-state index in [4.69, 9.17) is 12.6 Å². The molecule has 1 aromatic heterocycles. The molecule has 0 saturated carbocycles. The smallest absolute Gasteiger partial charge is 0.408 e. The van der Waals surface area contributed by atoms with Crippen LogP contribution in [0.1, 0.15) is 0 Å². The van der Waals surface area contributed by atoms with E-state index >= 15 is 0 Å². The molecular formula is C7H4LiNS2. The topological polar surface area (TPSA) is 12.9 Å². The second-order valence-corrected chi connectivity index (χ2v) is 3.62. The van der Waals surface area contributed by atoms with E-state index in [0.29, 0.717) is 0 Å². The van der Waals surface area contributed by atoms with E-state index in [0.717, 1.165) is 9.86 Å². The summed E-state index contributed by atoms with van der Waals surface area (Å²) in [6.07, 6.45) is 0. The maximum atomic E-state index is 4.92. The van der Waals surface area contributed by atoms with Gasteiger partial charge in [-0.3, -0.25) is 4.98 Å². The van der Waals surface area contributed by atoms with Gasteiger partial charge in [-0.05, 0) is 15.1 Å². The molecule has 50 valence electrons. The molecule has 1 aromatic carbocycles. The monoisotopic (exact) mass is 173 g/mol. The Kier molecular flexibility index (Phi) is 2.91. The maximum Gasteiger partial charge on any atom is 1.00 e. The summed E-state index contributed by atoms with van der Waals surface area (Å²) in [4.78, 5) is 4.15. The van der Waals surface area contributed by atoms with Crippen LogP contribution in [-0.4, -0.2) is 4.98 Å². The molecule has 0 aliphatic heterocycles. The van der Waals surface area contributed by atoms with Gasteiger partial charge in [0.2, 0.25) is 0 Å². The molecule has 0 aliphatic rings. The van der Waals surface area contributed by atoms with Gasteiger partial charge in [-0.2, -0.15) is 0 Å². The Bertz CT molecular complexity index is 325. The van der Waals surface area contributed by atoms with Crippen LogP contribution in [-0.2, 0) is 12.6 Å². The molecule has 1 nitrogen and oxygen atoms in total. The van der Waals surface area contributed by atoms with Gasteiger partial charge in [-0.25, -0.2) is 0 Å². The van der Waals surface area contributed by atoms with Gasteiger partial charge in [0.1, 0.15) is 0 Å². The number of aromatic nitrogens is 1. The van der Waals surface area contributed by atoms with Crippen molar-refractivity contribution in [3.05, 3.63) is 24.3 Å². The molecule has 2 rings (SSSR count). The van der Waals surface area contributed by atoms with Gasteiger partial charge < -0.3 is 24.0 Å². The number of rotatable bonds is 0. The molecule has 2 aromatic rings. The minimum absolute atomic E-state index is 0. The van der Waals surface area contributed by atoms with Crippen molar-refractivity contribution in [3.8, 4) is 0 Å². The van der Waals surface area contributed by atoms with Gasteiger partial charge in [0.05, 0.1) is 5.52 Å². The van der Waals surface area contributed by atoms with Crippen LogP contribution in [0.5, 0.6) is 0 Å². The SMILES string of the molecule is [Li+].[S-]c1nc2ccccc2s1. The van der Waals surface area contributed by atoms with Crippen molar-refractivity contribution in [1.29, 1.82) is 0 Å².